The zero-order chi connectivity index (χ0) is 30.3. The minimum Gasteiger partial charge on any atom is -0.341 e. The smallest absolute Gasteiger partial charge is 0.254 e. The SMILES string of the molecule is CSCc1ccccc1C1CCN(CCC(CN(C)C(=O)c2cc(C#N)cc3ccccc23)c2ccc(Cl)c(Cl)c2)CC1. The summed E-state index contributed by atoms with van der Waals surface area (Å²) in [5, 5.41) is 12.4. The van der Waals surface area contributed by atoms with Crippen molar-refractivity contribution in [3.05, 3.63) is 117 Å². The van der Waals surface area contributed by atoms with E-state index in [0.717, 1.165) is 61.0 Å². The normalized spacial score (nSPS) is 14.9. The summed E-state index contributed by atoms with van der Waals surface area (Å²) in [7, 11) is 1.85. The highest BCUT2D eigenvalue weighted by molar-refractivity contribution is 7.97. The Morgan fingerprint density at radius 1 is 1.02 bits per heavy atom. The molecule has 4 nitrogen and oxygen atoms in total. The number of nitriles is 1. The van der Waals surface area contributed by atoms with E-state index in [-0.39, 0.29) is 11.8 Å². The predicted molar refractivity (Wildman–Crippen MR) is 182 cm³/mol. The van der Waals surface area contributed by atoms with Crippen LogP contribution in [0.3, 0.4) is 0 Å². The lowest BCUT2D eigenvalue weighted by atomic mass is 9.86. The maximum absolute atomic E-state index is 13.8. The van der Waals surface area contributed by atoms with E-state index in [2.05, 4.69) is 41.5 Å². The molecular formula is C36H37Cl2N3OS. The third-order valence-corrected chi connectivity index (χ3v) is 9.99. The number of amides is 1. The first kappa shape index (κ1) is 31.4. The van der Waals surface area contributed by atoms with E-state index in [0.29, 0.717) is 33.6 Å². The number of benzene rings is 4. The number of fused-ring (bicyclic) bond motifs is 1. The second kappa shape index (κ2) is 14.6. The molecule has 1 fully saturated rings. The van der Waals surface area contributed by atoms with Crippen molar-refractivity contribution in [1.82, 2.24) is 9.80 Å². The predicted octanol–water partition coefficient (Wildman–Crippen LogP) is 9.01. The van der Waals surface area contributed by atoms with Crippen LogP contribution in [-0.4, -0.2) is 55.2 Å². The number of nitrogens with zero attached hydrogens (tertiary/aromatic N) is 3. The number of rotatable bonds is 10. The Morgan fingerprint density at radius 2 is 1.77 bits per heavy atom. The van der Waals surface area contributed by atoms with Crippen LogP contribution in [0, 0.1) is 11.3 Å². The molecule has 1 aliphatic rings. The maximum Gasteiger partial charge on any atom is 0.254 e. The van der Waals surface area contributed by atoms with Crippen LogP contribution in [0.25, 0.3) is 10.8 Å². The second-order valence-corrected chi connectivity index (χ2v) is 13.1. The van der Waals surface area contributed by atoms with E-state index in [1.54, 1.807) is 11.0 Å². The molecule has 7 heteroatoms. The third-order valence-electron chi connectivity index (χ3n) is 8.65. The van der Waals surface area contributed by atoms with Gasteiger partial charge in [0.15, 0.2) is 0 Å². The zero-order valence-electron chi connectivity index (χ0n) is 24.7. The summed E-state index contributed by atoms with van der Waals surface area (Å²) in [6, 6.07) is 28.2. The third kappa shape index (κ3) is 7.56. The molecule has 0 N–H and O–H groups in total. The van der Waals surface area contributed by atoms with E-state index < -0.39 is 0 Å². The Labute approximate surface area is 269 Å². The summed E-state index contributed by atoms with van der Waals surface area (Å²) in [6.45, 7) is 3.60. The van der Waals surface area contributed by atoms with Crippen molar-refractivity contribution >= 4 is 51.6 Å². The van der Waals surface area contributed by atoms with Crippen LogP contribution in [0.2, 0.25) is 10.0 Å². The molecule has 43 heavy (non-hydrogen) atoms. The number of hydrogen-bond acceptors (Lipinski definition) is 4. The van der Waals surface area contributed by atoms with Crippen molar-refractivity contribution in [2.45, 2.75) is 36.9 Å². The van der Waals surface area contributed by atoms with Gasteiger partial charge in [0.25, 0.3) is 5.91 Å². The number of thioether (sulfide) groups is 1. The highest BCUT2D eigenvalue weighted by atomic mass is 35.5. The van der Waals surface area contributed by atoms with Gasteiger partial charge in [0.2, 0.25) is 0 Å². The molecule has 1 aliphatic heterocycles. The molecule has 0 spiro atoms. The van der Waals surface area contributed by atoms with Gasteiger partial charge in [0.1, 0.15) is 0 Å². The average Bonchev–Trinajstić information content (AvgIpc) is 3.04. The van der Waals surface area contributed by atoms with E-state index in [4.69, 9.17) is 23.2 Å². The molecule has 0 bridgehead atoms. The summed E-state index contributed by atoms with van der Waals surface area (Å²) in [4.78, 5) is 18.2. The molecule has 1 saturated heterocycles. The Bertz CT molecular complexity index is 1630. The number of halogens is 2. The van der Waals surface area contributed by atoms with Crippen LogP contribution in [0.1, 0.15) is 63.7 Å². The quantitative estimate of drug-likeness (QED) is 0.176. The second-order valence-electron chi connectivity index (χ2n) is 11.4. The molecule has 4 aromatic carbocycles. The van der Waals surface area contributed by atoms with Crippen LogP contribution >= 0.6 is 35.0 Å². The molecule has 5 rings (SSSR count). The summed E-state index contributed by atoms with van der Waals surface area (Å²) in [5.74, 6) is 1.65. The average molecular weight is 631 g/mol. The Kier molecular flexibility index (Phi) is 10.7. The lowest BCUT2D eigenvalue weighted by Crippen LogP contribution is -2.36. The van der Waals surface area contributed by atoms with E-state index in [9.17, 15) is 10.1 Å². The molecular weight excluding hydrogens is 593 g/mol. The molecule has 1 heterocycles. The Morgan fingerprint density at radius 3 is 2.51 bits per heavy atom. The molecule has 0 aromatic heterocycles. The fourth-order valence-electron chi connectivity index (χ4n) is 6.33. The van der Waals surface area contributed by atoms with Gasteiger partial charge in [-0.25, -0.2) is 0 Å². The molecule has 1 unspecified atom stereocenters. The van der Waals surface area contributed by atoms with Gasteiger partial charge >= 0.3 is 0 Å². The van der Waals surface area contributed by atoms with Gasteiger partial charge in [-0.2, -0.15) is 17.0 Å². The van der Waals surface area contributed by atoms with E-state index >= 15 is 0 Å². The van der Waals surface area contributed by atoms with Crippen molar-refractivity contribution in [2.24, 2.45) is 0 Å². The minimum absolute atomic E-state index is 0.0779. The first-order valence-electron chi connectivity index (χ1n) is 14.8. The van der Waals surface area contributed by atoms with Gasteiger partial charge in [0.05, 0.1) is 21.7 Å². The fraction of sp³-hybridized carbons (Fsp3) is 0.333. The molecule has 0 saturated carbocycles. The summed E-state index contributed by atoms with van der Waals surface area (Å²) < 4.78 is 0. The lowest BCUT2D eigenvalue weighted by Gasteiger charge is -2.34. The standard InChI is InChI=1S/C36H37Cl2N3OS/c1-40(36(42)33-20-25(22-39)19-28-7-3-6-10-32(28)33)23-29(27-11-12-34(37)35(38)21-27)15-18-41-16-13-26(14-17-41)31-9-5-4-8-30(31)24-43-2/h3-12,19-21,26,29H,13-18,23-24H2,1-2H3. The van der Waals surface area contributed by atoms with E-state index in [1.165, 1.54) is 11.1 Å². The summed E-state index contributed by atoms with van der Waals surface area (Å²) in [5.41, 5.74) is 5.09. The topological polar surface area (TPSA) is 47.3 Å². The number of carbonyl (C=O) groups excluding carboxylic acids is 1. The van der Waals surface area contributed by atoms with Gasteiger partial charge in [-0.3, -0.25) is 4.79 Å². The highest BCUT2D eigenvalue weighted by Crippen LogP contribution is 2.34. The van der Waals surface area contributed by atoms with Gasteiger partial charge in [-0.1, -0.05) is 77.8 Å². The van der Waals surface area contributed by atoms with Crippen LogP contribution in [0.15, 0.2) is 78.9 Å². The largest absolute Gasteiger partial charge is 0.341 e. The zero-order valence-corrected chi connectivity index (χ0v) is 27.1. The summed E-state index contributed by atoms with van der Waals surface area (Å²) >= 11 is 14.6. The van der Waals surface area contributed by atoms with Crippen molar-refractivity contribution < 1.29 is 4.79 Å². The molecule has 0 aliphatic carbocycles. The Hall–Kier alpha value is -3.01. The van der Waals surface area contributed by atoms with Gasteiger partial charge < -0.3 is 9.80 Å². The number of piperidine rings is 1. The fourth-order valence-corrected chi connectivity index (χ4v) is 7.21. The van der Waals surface area contributed by atoms with Crippen molar-refractivity contribution in [3.8, 4) is 6.07 Å². The number of carbonyl (C=O) groups is 1. The molecule has 222 valence electrons. The summed E-state index contributed by atoms with van der Waals surface area (Å²) in [6.07, 6.45) is 5.37. The maximum atomic E-state index is 13.8. The minimum atomic E-state index is -0.0944. The van der Waals surface area contributed by atoms with Gasteiger partial charge in [0, 0.05) is 30.8 Å². The Balaban J connectivity index is 1.30. The number of likely N-dealkylation sites (N-methyl/N-ethyl adjacent to an activating group) is 1. The van der Waals surface area contributed by atoms with Crippen LogP contribution in [-0.2, 0) is 5.75 Å². The number of likely N-dealkylation sites (tertiary alicyclic amines) is 1. The van der Waals surface area contributed by atoms with Gasteiger partial charge in [-0.05, 0) is 103 Å². The molecule has 1 amide bonds. The molecule has 0 radical (unpaired) electrons. The number of hydrogen-bond donors (Lipinski definition) is 0. The first-order chi connectivity index (χ1) is 20.9. The van der Waals surface area contributed by atoms with Crippen LogP contribution in [0.4, 0.5) is 0 Å². The van der Waals surface area contributed by atoms with E-state index in [1.807, 2.05) is 67.3 Å². The lowest BCUT2D eigenvalue weighted by molar-refractivity contribution is 0.0783. The van der Waals surface area contributed by atoms with Crippen molar-refractivity contribution in [1.29, 1.82) is 5.26 Å². The van der Waals surface area contributed by atoms with Crippen LogP contribution in [0.5, 0.6) is 0 Å². The molecule has 1 atom stereocenters. The van der Waals surface area contributed by atoms with Gasteiger partial charge in [-0.15, -0.1) is 0 Å². The highest BCUT2D eigenvalue weighted by Gasteiger charge is 2.25. The monoisotopic (exact) mass is 629 g/mol. The van der Waals surface area contributed by atoms with Crippen molar-refractivity contribution in [3.63, 3.8) is 0 Å². The first-order valence-corrected chi connectivity index (χ1v) is 16.9. The van der Waals surface area contributed by atoms with Crippen molar-refractivity contribution in [2.75, 3.05) is 39.5 Å². The van der Waals surface area contributed by atoms with Crippen LogP contribution < -0.4 is 0 Å². The molecule has 4 aromatic rings.